The fourth-order valence-electron chi connectivity index (χ4n) is 2.36. The zero-order chi connectivity index (χ0) is 12.6. The number of halogens is 1. The van der Waals surface area contributed by atoms with Crippen LogP contribution in [0.25, 0.3) is 11.5 Å². The second kappa shape index (κ2) is 4.48. The molecule has 1 aromatic carbocycles. The predicted octanol–water partition coefficient (Wildman–Crippen LogP) is 3.23. The lowest BCUT2D eigenvalue weighted by molar-refractivity contribution is 0.372. The molecule has 0 bridgehead atoms. The van der Waals surface area contributed by atoms with Gasteiger partial charge in [0.2, 0.25) is 0 Å². The second-order valence-electron chi connectivity index (χ2n) is 4.79. The Balaban J connectivity index is 1.91. The lowest BCUT2D eigenvalue weighted by Gasteiger charge is -2.17. The quantitative estimate of drug-likeness (QED) is 0.925. The molecule has 0 amide bonds. The van der Waals surface area contributed by atoms with Crippen molar-refractivity contribution in [3.05, 3.63) is 34.6 Å². The van der Waals surface area contributed by atoms with E-state index < -0.39 is 5.54 Å². The standard InChI is InChI=1S/C13H14BrN3O/c14-10-5-3-9(4-6-10)11-16-12(17-18-11)13(15)7-1-2-8-13/h3-6H,1-2,7-8,15H2. The molecule has 1 aromatic heterocycles. The Morgan fingerprint density at radius 3 is 2.50 bits per heavy atom. The van der Waals surface area contributed by atoms with Gasteiger partial charge in [0.25, 0.3) is 5.89 Å². The summed E-state index contributed by atoms with van der Waals surface area (Å²) in [5.41, 5.74) is 6.83. The predicted molar refractivity (Wildman–Crippen MR) is 71.8 cm³/mol. The Hall–Kier alpha value is -1.20. The number of nitrogens with two attached hydrogens (primary N) is 1. The van der Waals surface area contributed by atoms with Gasteiger partial charge in [-0.2, -0.15) is 4.98 Å². The summed E-state index contributed by atoms with van der Waals surface area (Å²) in [4.78, 5) is 4.45. The SMILES string of the molecule is NC1(c2noc(-c3ccc(Br)cc3)n2)CCCC1. The van der Waals surface area contributed by atoms with Crippen LogP contribution in [-0.2, 0) is 5.54 Å². The minimum absolute atomic E-state index is 0.392. The Bertz CT molecular complexity index is 544. The van der Waals surface area contributed by atoms with Gasteiger partial charge in [-0.15, -0.1) is 0 Å². The monoisotopic (exact) mass is 307 g/mol. The highest BCUT2D eigenvalue weighted by molar-refractivity contribution is 9.10. The van der Waals surface area contributed by atoms with Gasteiger partial charge < -0.3 is 10.3 Å². The Labute approximate surface area is 114 Å². The maximum Gasteiger partial charge on any atom is 0.257 e. The zero-order valence-electron chi connectivity index (χ0n) is 9.90. The summed E-state index contributed by atoms with van der Waals surface area (Å²) in [6.07, 6.45) is 4.15. The molecule has 4 nitrogen and oxygen atoms in total. The molecule has 1 aliphatic carbocycles. The normalized spacial score (nSPS) is 18.1. The van der Waals surface area contributed by atoms with Gasteiger partial charge in [-0.25, -0.2) is 0 Å². The highest BCUT2D eigenvalue weighted by Crippen LogP contribution is 2.35. The summed E-state index contributed by atoms with van der Waals surface area (Å²) in [7, 11) is 0. The molecule has 0 saturated heterocycles. The van der Waals surface area contributed by atoms with Crippen LogP contribution >= 0.6 is 15.9 Å². The van der Waals surface area contributed by atoms with Gasteiger partial charge in [0.1, 0.15) is 0 Å². The van der Waals surface area contributed by atoms with Crippen LogP contribution in [0.5, 0.6) is 0 Å². The minimum atomic E-state index is -0.392. The summed E-state index contributed by atoms with van der Waals surface area (Å²) in [5.74, 6) is 1.17. The molecule has 2 N–H and O–H groups in total. The van der Waals surface area contributed by atoms with E-state index in [0.29, 0.717) is 11.7 Å². The van der Waals surface area contributed by atoms with E-state index in [4.69, 9.17) is 10.3 Å². The average Bonchev–Trinajstić information content (AvgIpc) is 2.99. The van der Waals surface area contributed by atoms with Gasteiger partial charge in [-0.05, 0) is 37.1 Å². The molecule has 1 saturated carbocycles. The number of nitrogens with zero attached hydrogens (tertiary/aromatic N) is 2. The van der Waals surface area contributed by atoms with Crippen molar-refractivity contribution in [2.75, 3.05) is 0 Å². The third-order valence-corrected chi connectivity index (χ3v) is 3.99. The second-order valence-corrected chi connectivity index (χ2v) is 5.71. The fourth-order valence-corrected chi connectivity index (χ4v) is 2.63. The van der Waals surface area contributed by atoms with Crippen LogP contribution in [0.1, 0.15) is 31.5 Å². The van der Waals surface area contributed by atoms with Gasteiger partial charge in [-0.3, -0.25) is 0 Å². The molecule has 0 aliphatic heterocycles. The molecule has 2 aromatic rings. The highest BCUT2D eigenvalue weighted by atomic mass is 79.9. The Morgan fingerprint density at radius 1 is 1.17 bits per heavy atom. The van der Waals surface area contributed by atoms with Crippen LogP contribution in [0.2, 0.25) is 0 Å². The van der Waals surface area contributed by atoms with Gasteiger partial charge in [-0.1, -0.05) is 33.9 Å². The number of benzene rings is 1. The highest BCUT2D eigenvalue weighted by Gasteiger charge is 2.36. The third kappa shape index (κ3) is 2.08. The minimum Gasteiger partial charge on any atom is -0.334 e. The average molecular weight is 308 g/mol. The molecule has 3 rings (SSSR count). The molecular formula is C13H14BrN3O. The van der Waals surface area contributed by atoms with Crippen molar-refractivity contribution >= 4 is 15.9 Å². The molecular weight excluding hydrogens is 294 g/mol. The van der Waals surface area contributed by atoms with Gasteiger partial charge in [0.05, 0.1) is 5.54 Å². The number of hydrogen-bond donors (Lipinski definition) is 1. The van der Waals surface area contributed by atoms with Crippen LogP contribution in [0.3, 0.4) is 0 Å². The van der Waals surface area contributed by atoms with Crippen molar-refractivity contribution in [3.63, 3.8) is 0 Å². The fraction of sp³-hybridized carbons (Fsp3) is 0.385. The first-order valence-electron chi connectivity index (χ1n) is 6.06. The van der Waals surface area contributed by atoms with E-state index in [1.165, 1.54) is 0 Å². The van der Waals surface area contributed by atoms with Crippen molar-refractivity contribution in [3.8, 4) is 11.5 Å². The van der Waals surface area contributed by atoms with Crippen LogP contribution in [-0.4, -0.2) is 10.1 Å². The van der Waals surface area contributed by atoms with Crippen molar-refractivity contribution in [1.82, 2.24) is 10.1 Å². The number of aromatic nitrogens is 2. The lowest BCUT2D eigenvalue weighted by atomic mass is 9.99. The molecule has 0 spiro atoms. The van der Waals surface area contributed by atoms with E-state index in [1.54, 1.807) is 0 Å². The summed E-state index contributed by atoms with van der Waals surface area (Å²) in [5, 5.41) is 4.05. The molecule has 1 fully saturated rings. The first-order chi connectivity index (χ1) is 8.67. The zero-order valence-corrected chi connectivity index (χ0v) is 11.5. The van der Waals surface area contributed by atoms with Gasteiger partial charge in [0, 0.05) is 10.0 Å². The van der Waals surface area contributed by atoms with E-state index in [0.717, 1.165) is 35.7 Å². The van der Waals surface area contributed by atoms with Crippen molar-refractivity contribution in [2.45, 2.75) is 31.2 Å². The maximum absolute atomic E-state index is 6.30. The van der Waals surface area contributed by atoms with Crippen molar-refractivity contribution < 1.29 is 4.52 Å². The molecule has 0 atom stereocenters. The van der Waals surface area contributed by atoms with E-state index in [1.807, 2.05) is 24.3 Å². The van der Waals surface area contributed by atoms with Crippen molar-refractivity contribution in [2.24, 2.45) is 5.73 Å². The van der Waals surface area contributed by atoms with E-state index in [9.17, 15) is 0 Å². The summed E-state index contributed by atoms with van der Waals surface area (Å²) in [6.45, 7) is 0. The van der Waals surface area contributed by atoms with Crippen LogP contribution in [0, 0.1) is 0 Å². The Kier molecular flexibility index (Phi) is 2.95. The summed E-state index contributed by atoms with van der Waals surface area (Å²) < 4.78 is 6.34. The molecule has 5 heteroatoms. The smallest absolute Gasteiger partial charge is 0.257 e. The van der Waals surface area contributed by atoms with E-state index in [-0.39, 0.29) is 0 Å². The Morgan fingerprint density at radius 2 is 1.83 bits per heavy atom. The van der Waals surface area contributed by atoms with Gasteiger partial charge in [0.15, 0.2) is 5.82 Å². The van der Waals surface area contributed by atoms with Gasteiger partial charge >= 0.3 is 0 Å². The summed E-state index contributed by atoms with van der Waals surface area (Å²) in [6, 6.07) is 7.79. The number of rotatable bonds is 2. The largest absolute Gasteiger partial charge is 0.334 e. The molecule has 1 heterocycles. The van der Waals surface area contributed by atoms with E-state index in [2.05, 4.69) is 26.1 Å². The topological polar surface area (TPSA) is 64.9 Å². The lowest BCUT2D eigenvalue weighted by Crippen LogP contribution is -2.34. The molecule has 1 aliphatic rings. The molecule has 94 valence electrons. The van der Waals surface area contributed by atoms with Crippen LogP contribution < -0.4 is 5.73 Å². The van der Waals surface area contributed by atoms with Crippen molar-refractivity contribution in [1.29, 1.82) is 0 Å². The third-order valence-electron chi connectivity index (χ3n) is 3.46. The molecule has 0 radical (unpaired) electrons. The first-order valence-corrected chi connectivity index (χ1v) is 6.86. The van der Waals surface area contributed by atoms with Crippen LogP contribution in [0.4, 0.5) is 0 Å². The first kappa shape index (κ1) is 11.9. The number of hydrogen-bond acceptors (Lipinski definition) is 4. The summed E-state index contributed by atoms with van der Waals surface area (Å²) >= 11 is 3.40. The van der Waals surface area contributed by atoms with E-state index >= 15 is 0 Å². The molecule has 0 unspecified atom stereocenters. The molecule has 18 heavy (non-hydrogen) atoms. The van der Waals surface area contributed by atoms with Crippen LogP contribution in [0.15, 0.2) is 33.3 Å². The maximum atomic E-state index is 6.30.